The number of carbonyl (C=O) groups excluding carboxylic acids is 2. The topological polar surface area (TPSA) is 85.1 Å². The largest absolute Gasteiger partial charge is 0.365 e. The normalized spacial score (nSPS) is 20.9. The summed E-state index contributed by atoms with van der Waals surface area (Å²) in [7, 11) is 0. The molecule has 1 aromatic heterocycles. The highest BCUT2D eigenvalue weighted by molar-refractivity contribution is 7.13. The maximum Gasteiger partial charge on any atom is 0.260 e. The highest BCUT2D eigenvalue weighted by Gasteiger charge is 2.27. The standard InChI is InChI=1S/C12H17N3O2S.C2H6/c1-7-2-3-8(4-7)12(17)15-6-10-14-5-9(18-10)11(13)16;1-2/h5,7-8H,2-4,6H2,1H3,(H2,13,16)(H,15,17);1-2H3. The first-order valence-corrected chi connectivity index (χ1v) is 7.90. The number of hydrogen-bond acceptors (Lipinski definition) is 4. The first-order valence-electron chi connectivity index (χ1n) is 7.08. The second-order valence-corrected chi connectivity index (χ2v) is 5.93. The Labute approximate surface area is 124 Å². The van der Waals surface area contributed by atoms with Gasteiger partial charge in [0.05, 0.1) is 12.7 Å². The Kier molecular flexibility index (Phi) is 6.64. The van der Waals surface area contributed by atoms with Crippen LogP contribution in [0.2, 0.25) is 0 Å². The van der Waals surface area contributed by atoms with Crippen LogP contribution < -0.4 is 11.1 Å². The third-order valence-electron chi connectivity index (χ3n) is 3.28. The number of nitrogens with one attached hydrogen (secondary N) is 1. The fourth-order valence-electron chi connectivity index (χ4n) is 2.26. The molecule has 0 radical (unpaired) electrons. The highest BCUT2D eigenvalue weighted by Crippen LogP contribution is 2.30. The number of nitrogens with zero attached hydrogens (tertiary/aromatic N) is 1. The lowest BCUT2D eigenvalue weighted by Gasteiger charge is -2.09. The predicted octanol–water partition coefficient (Wildman–Crippen LogP) is 2.32. The van der Waals surface area contributed by atoms with Gasteiger partial charge in [-0.2, -0.15) is 0 Å². The number of carbonyl (C=O) groups is 2. The van der Waals surface area contributed by atoms with Gasteiger partial charge in [-0.15, -0.1) is 11.3 Å². The minimum Gasteiger partial charge on any atom is -0.365 e. The van der Waals surface area contributed by atoms with Gasteiger partial charge in [-0.05, 0) is 25.2 Å². The summed E-state index contributed by atoms with van der Waals surface area (Å²) in [5.74, 6) is 0.391. The summed E-state index contributed by atoms with van der Waals surface area (Å²) < 4.78 is 0. The molecule has 0 bridgehead atoms. The van der Waals surface area contributed by atoms with E-state index in [0.717, 1.165) is 19.3 Å². The van der Waals surface area contributed by atoms with Crippen LogP contribution in [0.5, 0.6) is 0 Å². The molecule has 2 atom stereocenters. The maximum absolute atomic E-state index is 11.9. The second-order valence-electron chi connectivity index (χ2n) is 4.82. The fraction of sp³-hybridized carbons (Fsp3) is 0.643. The zero-order valence-electron chi connectivity index (χ0n) is 12.3. The quantitative estimate of drug-likeness (QED) is 0.894. The summed E-state index contributed by atoms with van der Waals surface area (Å²) in [6, 6.07) is 0. The molecular formula is C14H23N3O2S. The van der Waals surface area contributed by atoms with Crippen molar-refractivity contribution in [1.29, 1.82) is 0 Å². The van der Waals surface area contributed by atoms with Crippen LogP contribution in [0.25, 0.3) is 0 Å². The van der Waals surface area contributed by atoms with E-state index in [1.807, 2.05) is 13.8 Å². The lowest BCUT2D eigenvalue weighted by Crippen LogP contribution is -2.28. The molecule has 1 heterocycles. The molecule has 0 saturated heterocycles. The molecule has 0 aliphatic heterocycles. The van der Waals surface area contributed by atoms with Crippen LogP contribution in [-0.2, 0) is 11.3 Å². The van der Waals surface area contributed by atoms with Crippen molar-refractivity contribution < 1.29 is 9.59 Å². The van der Waals surface area contributed by atoms with Crippen molar-refractivity contribution >= 4 is 23.2 Å². The maximum atomic E-state index is 11.9. The van der Waals surface area contributed by atoms with Crippen LogP contribution in [-0.4, -0.2) is 16.8 Å². The summed E-state index contributed by atoms with van der Waals surface area (Å²) in [5.41, 5.74) is 5.14. The fourth-order valence-corrected chi connectivity index (χ4v) is 2.97. The number of aromatic nitrogens is 1. The molecule has 0 aromatic carbocycles. The molecule has 1 aliphatic carbocycles. The van der Waals surface area contributed by atoms with Gasteiger partial charge < -0.3 is 11.1 Å². The SMILES string of the molecule is CC.CC1CCC(C(=O)NCc2ncc(C(N)=O)s2)C1. The highest BCUT2D eigenvalue weighted by atomic mass is 32.1. The van der Waals surface area contributed by atoms with Crippen LogP contribution in [0.4, 0.5) is 0 Å². The van der Waals surface area contributed by atoms with Gasteiger partial charge in [-0.25, -0.2) is 4.98 Å². The minimum atomic E-state index is -0.477. The summed E-state index contributed by atoms with van der Waals surface area (Å²) >= 11 is 1.23. The molecule has 5 nitrogen and oxygen atoms in total. The number of rotatable bonds is 4. The van der Waals surface area contributed by atoms with Crippen LogP contribution in [0.15, 0.2) is 6.20 Å². The summed E-state index contributed by atoms with van der Waals surface area (Å²) in [4.78, 5) is 27.3. The zero-order chi connectivity index (χ0) is 15.1. The molecule has 2 rings (SSSR count). The van der Waals surface area contributed by atoms with E-state index >= 15 is 0 Å². The molecule has 1 aromatic rings. The number of hydrogen-bond donors (Lipinski definition) is 2. The average molecular weight is 297 g/mol. The lowest BCUT2D eigenvalue weighted by molar-refractivity contribution is -0.125. The molecule has 1 fully saturated rings. The first-order chi connectivity index (χ1) is 9.56. The van der Waals surface area contributed by atoms with Crippen LogP contribution in [0.3, 0.4) is 0 Å². The molecule has 1 aliphatic rings. The van der Waals surface area contributed by atoms with E-state index in [4.69, 9.17) is 5.73 Å². The summed E-state index contributed by atoms with van der Waals surface area (Å²) in [6.07, 6.45) is 4.51. The molecule has 6 heteroatoms. The number of primary amides is 1. The van der Waals surface area contributed by atoms with E-state index in [1.165, 1.54) is 17.5 Å². The molecule has 112 valence electrons. The van der Waals surface area contributed by atoms with Gasteiger partial charge in [-0.1, -0.05) is 20.8 Å². The third-order valence-corrected chi connectivity index (χ3v) is 4.29. The zero-order valence-corrected chi connectivity index (χ0v) is 13.1. The molecule has 0 spiro atoms. The average Bonchev–Trinajstić information content (AvgIpc) is 3.07. The molecule has 2 amide bonds. The van der Waals surface area contributed by atoms with Crippen molar-refractivity contribution in [2.45, 2.75) is 46.6 Å². The van der Waals surface area contributed by atoms with Crippen molar-refractivity contribution in [2.24, 2.45) is 17.6 Å². The van der Waals surface area contributed by atoms with Gasteiger partial charge in [0.25, 0.3) is 5.91 Å². The molecule has 2 unspecified atom stereocenters. The smallest absolute Gasteiger partial charge is 0.260 e. The Balaban J connectivity index is 0.000000956. The molecule has 1 saturated carbocycles. The lowest BCUT2D eigenvalue weighted by atomic mass is 10.1. The number of thiazole rings is 1. The van der Waals surface area contributed by atoms with E-state index in [2.05, 4.69) is 17.2 Å². The third kappa shape index (κ3) is 4.59. The Morgan fingerprint density at radius 3 is 2.65 bits per heavy atom. The van der Waals surface area contributed by atoms with E-state index in [9.17, 15) is 9.59 Å². The Bertz CT molecular complexity index is 459. The Hall–Kier alpha value is -1.43. The number of amides is 2. The molecule has 20 heavy (non-hydrogen) atoms. The minimum absolute atomic E-state index is 0.0928. The van der Waals surface area contributed by atoms with Crippen molar-refractivity contribution in [3.8, 4) is 0 Å². The first kappa shape index (κ1) is 16.6. The van der Waals surface area contributed by atoms with E-state index in [1.54, 1.807) is 0 Å². The van der Waals surface area contributed by atoms with Crippen molar-refractivity contribution in [3.05, 3.63) is 16.1 Å². The van der Waals surface area contributed by atoms with Gasteiger partial charge in [0, 0.05) is 5.92 Å². The van der Waals surface area contributed by atoms with Gasteiger partial charge in [0.2, 0.25) is 5.91 Å². The second kappa shape index (κ2) is 7.99. The van der Waals surface area contributed by atoms with Gasteiger partial charge in [-0.3, -0.25) is 9.59 Å². The Morgan fingerprint density at radius 1 is 1.45 bits per heavy atom. The van der Waals surface area contributed by atoms with Crippen molar-refractivity contribution in [1.82, 2.24) is 10.3 Å². The van der Waals surface area contributed by atoms with E-state index in [-0.39, 0.29) is 11.8 Å². The van der Waals surface area contributed by atoms with Crippen LogP contribution in [0.1, 0.15) is 54.7 Å². The van der Waals surface area contributed by atoms with Crippen molar-refractivity contribution in [2.75, 3.05) is 0 Å². The summed E-state index contributed by atoms with van der Waals surface area (Å²) in [6.45, 7) is 6.55. The van der Waals surface area contributed by atoms with Crippen LogP contribution >= 0.6 is 11.3 Å². The molecular weight excluding hydrogens is 274 g/mol. The summed E-state index contributed by atoms with van der Waals surface area (Å²) in [5, 5.41) is 3.58. The van der Waals surface area contributed by atoms with E-state index < -0.39 is 5.91 Å². The molecule has 3 N–H and O–H groups in total. The van der Waals surface area contributed by atoms with Gasteiger partial charge in [0.1, 0.15) is 9.88 Å². The monoisotopic (exact) mass is 297 g/mol. The van der Waals surface area contributed by atoms with Crippen molar-refractivity contribution in [3.63, 3.8) is 0 Å². The predicted molar refractivity (Wildman–Crippen MR) is 80.3 cm³/mol. The van der Waals surface area contributed by atoms with Gasteiger partial charge >= 0.3 is 0 Å². The van der Waals surface area contributed by atoms with Gasteiger partial charge in [0.15, 0.2) is 0 Å². The Morgan fingerprint density at radius 2 is 2.15 bits per heavy atom. The number of nitrogens with two attached hydrogens (primary N) is 1. The van der Waals surface area contributed by atoms with E-state index in [0.29, 0.717) is 22.3 Å². The van der Waals surface area contributed by atoms with Crippen LogP contribution in [0, 0.1) is 11.8 Å².